The van der Waals surface area contributed by atoms with Crippen molar-refractivity contribution < 1.29 is 4.79 Å². The van der Waals surface area contributed by atoms with Crippen LogP contribution in [0.5, 0.6) is 0 Å². The maximum atomic E-state index is 12.5. The molecule has 7 nitrogen and oxygen atoms in total. The van der Waals surface area contributed by atoms with Crippen LogP contribution >= 0.6 is 0 Å². The van der Waals surface area contributed by atoms with Crippen LogP contribution < -0.4 is 10.6 Å². The number of carbonyl (C=O) groups excluding carboxylic acids is 1. The highest BCUT2D eigenvalue weighted by Gasteiger charge is 2.30. The fourth-order valence-corrected chi connectivity index (χ4v) is 3.66. The number of hydrogen-bond donors (Lipinski definition) is 2. The molecule has 4 rings (SSSR count). The van der Waals surface area contributed by atoms with E-state index in [1.165, 1.54) is 5.69 Å². The Hall–Kier alpha value is -2.93. The van der Waals surface area contributed by atoms with Crippen molar-refractivity contribution in [2.75, 3.05) is 19.6 Å². The molecule has 1 aliphatic heterocycles. The summed E-state index contributed by atoms with van der Waals surface area (Å²) >= 11 is 0. The van der Waals surface area contributed by atoms with E-state index in [0.29, 0.717) is 23.9 Å². The predicted molar refractivity (Wildman–Crippen MR) is 103 cm³/mol. The quantitative estimate of drug-likeness (QED) is 0.722. The van der Waals surface area contributed by atoms with Gasteiger partial charge in [0.2, 0.25) is 0 Å². The summed E-state index contributed by atoms with van der Waals surface area (Å²) in [5.41, 5.74) is 3.91. The van der Waals surface area contributed by atoms with E-state index in [4.69, 9.17) is 0 Å². The maximum Gasteiger partial charge on any atom is 0.251 e. The molecular weight excluding hydrogens is 340 g/mol. The van der Waals surface area contributed by atoms with Crippen LogP contribution in [-0.4, -0.2) is 44.9 Å². The molecule has 0 spiro atoms. The van der Waals surface area contributed by atoms with Crippen molar-refractivity contribution >= 4 is 5.91 Å². The van der Waals surface area contributed by atoms with Gasteiger partial charge in [0, 0.05) is 56.3 Å². The Balaban J connectivity index is 1.38. The molecule has 2 N–H and O–H groups in total. The summed E-state index contributed by atoms with van der Waals surface area (Å²) in [7, 11) is 2.01. The smallest absolute Gasteiger partial charge is 0.251 e. The highest BCUT2D eigenvalue weighted by Crippen LogP contribution is 2.27. The van der Waals surface area contributed by atoms with Crippen LogP contribution in [0.15, 0.2) is 49.2 Å². The first-order valence-corrected chi connectivity index (χ1v) is 9.18. The third-order valence-corrected chi connectivity index (χ3v) is 5.20. The van der Waals surface area contributed by atoms with Crippen LogP contribution in [0.4, 0.5) is 0 Å². The predicted octanol–water partition coefficient (Wildman–Crippen LogP) is 1.65. The minimum atomic E-state index is -0.0474. The topological polar surface area (TPSA) is 76.8 Å². The van der Waals surface area contributed by atoms with Gasteiger partial charge in [-0.3, -0.25) is 4.79 Å². The molecule has 3 heterocycles. The third-order valence-electron chi connectivity index (χ3n) is 5.20. The highest BCUT2D eigenvalue weighted by molar-refractivity contribution is 5.94. The van der Waals surface area contributed by atoms with Crippen LogP contribution in [0.25, 0.3) is 5.69 Å². The molecule has 0 bridgehead atoms. The first-order valence-electron chi connectivity index (χ1n) is 9.18. The Labute approximate surface area is 158 Å². The molecule has 2 aromatic heterocycles. The van der Waals surface area contributed by atoms with E-state index in [9.17, 15) is 4.79 Å². The zero-order valence-corrected chi connectivity index (χ0v) is 15.6. The monoisotopic (exact) mass is 364 g/mol. The zero-order chi connectivity index (χ0) is 18.8. The van der Waals surface area contributed by atoms with E-state index >= 15 is 0 Å². The minimum Gasteiger partial charge on any atom is -0.352 e. The van der Waals surface area contributed by atoms with Crippen molar-refractivity contribution in [2.24, 2.45) is 13.0 Å². The second-order valence-corrected chi connectivity index (χ2v) is 7.17. The average Bonchev–Trinajstić information content (AvgIpc) is 3.40. The number of aryl methyl sites for hydroxylation is 2. The number of rotatable bonds is 5. The van der Waals surface area contributed by atoms with Gasteiger partial charge in [0.25, 0.3) is 5.91 Å². The Kier molecular flexibility index (Phi) is 4.77. The van der Waals surface area contributed by atoms with Crippen LogP contribution in [0.3, 0.4) is 0 Å². The lowest BCUT2D eigenvalue weighted by Gasteiger charge is -2.19. The molecule has 27 heavy (non-hydrogen) atoms. The standard InChI is InChI=1S/C20H24N6O/c1-14-7-24-26(12-14)17-5-3-15(4-6-17)20(27)23-9-16-8-21-10-18(16)19-11-22-13-25(19)2/h3-7,11-13,16,18,21H,8-10H2,1-2H3,(H,23,27)/t16-,18+/m0/s1. The SMILES string of the molecule is Cc1cnn(-c2ccc(C(=O)NC[C@@H]3CNC[C@H]3c3cncn3C)cc2)c1. The molecule has 7 heteroatoms. The molecule has 1 fully saturated rings. The van der Waals surface area contributed by atoms with Gasteiger partial charge in [0.1, 0.15) is 0 Å². The Morgan fingerprint density at radius 3 is 2.74 bits per heavy atom. The van der Waals surface area contributed by atoms with E-state index in [-0.39, 0.29) is 5.91 Å². The lowest BCUT2D eigenvalue weighted by atomic mass is 9.93. The van der Waals surface area contributed by atoms with E-state index < -0.39 is 0 Å². The van der Waals surface area contributed by atoms with Gasteiger partial charge < -0.3 is 15.2 Å². The molecule has 0 aliphatic carbocycles. The summed E-state index contributed by atoms with van der Waals surface area (Å²) in [6.45, 7) is 4.45. The number of nitrogens with one attached hydrogen (secondary N) is 2. The van der Waals surface area contributed by atoms with Crippen LogP contribution in [0.2, 0.25) is 0 Å². The van der Waals surface area contributed by atoms with Crippen LogP contribution in [0, 0.1) is 12.8 Å². The molecule has 140 valence electrons. The average molecular weight is 364 g/mol. The van der Waals surface area contributed by atoms with Crippen LogP contribution in [-0.2, 0) is 7.05 Å². The van der Waals surface area contributed by atoms with Gasteiger partial charge in [-0.15, -0.1) is 0 Å². The molecule has 1 amide bonds. The largest absolute Gasteiger partial charge is 0.352 e. The summed E-state index contributed by atoms with van der Waals surface area (Å²) in [6.07, 6.45) is 7.52. The lowest BCUT2D eigenvalue weighted by molar-refractivity contribution is 0.0947. The number of nitrogens with zero attached hydrogens (tertiary/aromatic N) is 4. The van der Waals surface area contributed by atoms with Gasteiger partial charge in [-0.2, -0.15) is 5.10 Å². The summed E-state index contributed by atoms with van der Waals surface area (Å²) in [5.74, 6) is 0.674. The molecule has 0 unspecified atom stereocenters. The number of hydrogen-bond acceptors (Lipinski definition) is 4. The van der Waals surface area contributed by atoms with Gasteiger partial charge in [0.15, 0.2) is 0 Å². The van der Waals surface area contributed by atoms with Gasteiger partial charge in [-0.1, -0.05) is 0 Å². The molecule has 0 radical (unpaired) electrons. The van der Waals surface area contributed by atoms with Gasteiger partial charge >= 0.3 is 0 Å². The number of benzene rings is 1. The molecule has 2 atom stereocenters. The molecule has 3 aromatic rings. The Morgan fingerprint density at radius 1 is 1.26 bits per heavy atom. The van der Waals surface area contributed by atoms with Crippen molar-refractivity contribution in [3.8, 4) is 5.69 Å². The van der Waals surface area contributed by atoms with E-state index in [0.717, 1.165) is 24.3 Å². The van der Waals surface area contributed by atoms with Crippen molar-refractivity contribution in [3.63, 3.8) is 0 Å². The summed E-state index contributed by atoms with van der Waals surface area (Å²) < 4.78 is 3.86. The normalized spacial score (nSPS) is 19.3. The number of aromatic nitrogens is 4. The van der Waals surface area contributed by atoms with Crippen molar-refractivity contribution in [1.29, 1.82) is 0 Å². The number of amides is 1. The summed E-state index contributed by atoms with van der Waals surface area (Å²) in [5, 5.41) is 10.8. The second-order valence-electron chi connectivity index (χ2n) is 7.17. The minimum absolute atomic E-state index is 0.0474. The van der Waals surface area contributed by atoms with Gasteiger partial charge in [0.05, 0.1) is 18.2 Å². The van der Waals surface area contributed by atoms with E-state index in [1.807, 2.05) is 63.2 Å². The summed E-state index contributed by atoms with van der Waals surface area (Å²) in [6, 6.07) is 7.51. The Morgan fingerprint density at radius 2 is 2.07 bits per heavy atom. The number of carbonyl (C=O) groups is 1. The fourth-order valence-electron chi connectivity index (χ4n) is 3.66. The van der Waals surface area contributed by atoms with Crippen molar-refractivity contribution in [3.05, 3.63) is 66.0 Å². The highest BCUT2D eigenvalue weighted by atomic mass is 16.1. The third kappa shape index (κ3) is 3.64. The molecule has 0 saturated carbocycles. The van der Waals surface area contributed by atoms with Gasteiger partial charge in [-0.05, 0) is 42.7 Å². The van der Waals surface area contributed by atoms with Gasteiger partial charge in [-0.25, -0.2) is 9.67 Å². The first-order chi connectivity index (χ1) is 13.1. The molecule has 1 aliphatic rings. The first kappa shape index (κ1) is 17.5. The zero-order valence-electron chi connectivity index (χ0n) is 15.6. The molecule has 1 saturated heterocycles. The van der Waals surface area contributed by atoms with Crippen molar-refractivity contribution in [1.82, 2.24) is 30.0 Å². The lowest BCUT2D eigenvalue weighted by Crippen LogP contribution is -2.32. The molecular formula is C20H24N6O. The van der Waals surface area contributed by atoms with E-state index in [2.05, 4.69) is 25.3 Å². The van der Waals surface area contributed by atoms with E-state index in [1.54, 1.807) is 4.68 Å². The maximum absolute atomic E-state index is 12.5. The fraction of sp³-hybridized carbons (Fsp3) is 0.350. The Bertz CT molecular complexity index is 926. The van der Waals surface area contributed by atoms with Crippen molar-refractivity contribution in [2.45, 2.75) is 12.8 Å². The second kappa shape index (κ2) is 7.36. The number of imidazole rings is 1. The van der Waals surface area contributed by atoms with Crippen LogP contribution in [0.1, 0.15) is 27.5 Å². The molecule has 1 aromatic carbocycles. The summed E-state index contributed by atoms with van der Waals surface area (Å²) in [4.78, 5) is 16.8.